The third kappa shape index (κ3) is 3.00. The average molecular weight is 263 g/mol. The Hall–Kier alpha value is -2.15. The summed E-state index contributed by atoms with van der Waals surface area (Å²) in [5.74, 6) is 5.23. The van der Waals surface area contributed by atoms with Crippen LogP contribution in [0, 0.1) is 0 Å². The smallest absolute Gasteiger partial charge is 0.243 e. The first-order valence-electron chi connectivity index (χ1n) is 6.11. The normalized spacial score (nSPS) is 15.9. The highest BCUT2D eigenvalue weighted by molar-refractivity contribution is 5.92. The zero-order valence-electron chi connectivity index (χ0n) is 10.8. The number of nitrogens with one attached hydrogen (secondary N) is 1. The molecule has 7 nitrogen and oxygen atoms in total. The highest BCUT2D eigenvalue weighted by atomic mass is 16.2. The molecule has 1 saturated heterocycles. The predicted molar refractivity (Wildman–Crippen MR) is 69.7 cm³/mol. The number of carbonyl (C=O) groups is 2. The Balaban J connectivity index is 2.06. The molecular weight excluding hydrogens is 246 g/mol. The molecule has 0 bridgehead atoms. The second kappa shape index (κ2) is 5.66. The van der Waals surface area contributed by atoms with E-state index in [0.717, 1.165) is 5.69 Å². The fraction of sp³-hybridized carbons (Fsp3) is 0.417. The van der Waals surface area contributed by atoms with Crippen LogP contribution in [-0.2, 0) is 16.1 Å². The molecule has 1 aromatic heterocycles. The van der Waals surface area contributed by atoms with E-state index in [1.165, 1.54) is 4.90 Å². The number of piperazine rings is 1. The maximum atomic E-state index is 11.9. The minimum atomic E-state index is -0.0608. The molecule has 1 fully saturated rings. The minimum absolute atomic E-state index is 0.0322. The molecule has 3 N–H and O–H groups in total. The third-order valence-electron chi connectivity index (χ3n) is 3.08. The number of nitrogen functional groups attached to an aromatic ring is 1. The molecule has 2 rings (SSSR count). The molecule has 0 unspecified atom stereocenters. The summed E-state index contributed by atoms with van der Waals surface area (Å²) in [5.41, 5.74) is 3.94. The second-order valence-electron chi connectivity index (χ2n) is 4.34. The lowest BCUT2D eigenvalue weighted by Gasteiger charge is -2.33. The predicted octanol–water partition coefficient (Wildman–Crippen LogP) is -0.442. The van der Waals surface area contributed by atoms with Gasteiger partial charge in [0.25, 0.3) is 0 Å². The highest BCUT2D eigenvalue weighted by Crippen LogP contribution is 2.12. The lowest BCUT2D eigenvalue weighted by molar-refractivity contribution is -0.150. The largest absolute Gasteiger partial charge is 0.332 e. The topological polar surface area (TPSA) is 91.6 Å². The Kier molecular flexibility index (Phi) is 3.96. The first-order valence-corrected chi connectivity index (χ1v) is 6.11. The molecule has 0 radical (unpaired) electrons. The van der Waals surface area contributed by atoms with Gasteiger partial charge in [-0.2, -0.15) is 0 Å². The quantitative estimate of drug-likeness (QED) is 0.567. The summed E-state index contributed by atoms with van der Waals surface area (Å²) < 4.78 is 0. The van der Waals surface area contributed by atoms with Crippen LogP contribution >= 0.6 is 0 Å². The van der Waals surface area contributed by atoms with Gasteiger partial charge in [-0.1, -0.05) is 0 Å². The first-order chi connectivity index (χ1) is 9.13. The van der Waals surface area contributed by atoms with E-state index in [4.69, 9.17) is 5.84 Å². The number of nitrogens with zero attached hydrogens (tertiary/aromatic N) is 3. The van der Waals surface area contributed by atoms with Crippen LogP contribution < -0.4 is 11.3 Å². The Morgan fingerprint density at radius 3 is 2.68 bits per heavy atom. The van der Waals surface area contributed by atoms with Gasteiger partial charge in [0.1, 0.15) is 6.54 Å². The van der Waals surface area contributed by atoms with Crippen molar-refractivity contribution in [3.05, 3.63) is 24.0 Å². The molecule has 2 amide bonds. The number of anilines is 1. The van der Waals surface area contributed by atoms with Gasteiger partial charge in [0.15, 0.2) is 0 Å². The number of aromatic nitrogens is 1. The van der Waals surface area contributed by atoms with E-state index in [0.29, 0.717) is 18.8 Å². The number of hydrazine groups is 1. The molecule has 0 aromatic carbocycles. The van der Waals surface area contributed by atoms with Gasteiger partial charge < -0.3 is 15.2 Å². The molecule has 2 heterocycles. The summed E-state index contributed by atoms with van der Waals surface area (Å²) in [5, 5.41) is 0. The van der Waals surface area contributed by atoms with Crippen molar-refractivity contribution in [1.82, 2.24) is 14.8 Å². The van der Waals surface area contributed by atoms with Crippen LogP contribution in [-0.4, -0.2) is 46.2 Å². The number of carbonyl (C=O) groups excluding carboxylic acids is 2. The van der Waals surface area contributed by atoms with Crippen LogP contribution in [0.1, 0.15) is 12.6 Å². The summed E-state index contributed by atoms with van der Waals surface area (Å²) >= 11 is 0. The number of pyridine rings is 1. The van der Waals surface area contributed by atoms with Crippen LogP contribution in [0.4, 0.5) is 5.69 Å². The van der Waals surface area contributed by atoms with E-state index in [9.17, 15) is 9.59 Å². The fourth-order valence-corrected chi connectivity index (χ4v) is 1.99. The molecule has 102 valence electrons. The van der Waals surface area contributed by atoms with Gasteiger partial charge in [0.2, 0.25) is 11.8 Å². The number of hydrogen-bond donors (Lipinski definition) is 2. The van der Waals surface area contributed by atoms with Gasteiger partial charge in [-0.25, -0.2) is 0 Å². The fourth-order valence-electron chi connectivity index (χ4n) is 1.99. The van der Waals surface area contributed by atoms with E-state index in [1.807, 2.05) is 6.92 Å². The number of amides is 2. The molecule has 1 aliphatic heterocycles. The standard InChI is InChI=1S/C12H17N5O2/c1-2-16-7-12(19)17(8-11(16)18)6-10-5-9(15-13)3-4-14-10/h3-5H,2,6-8,13H2,1H3,(H,14,15). The number of hydrogen-bond acceptors (Lipinski definition) is 5. The van der Waals surface area contributed by atoms with Crippen molar-refractivity contribution in [1.29, 1.82) is 0 Å². The molecule has 1 aromatic rings. The van der Waals surface area contributed by atoms with E-state index in [2.05, 4.69) is 10.4 Å². The average Bonchev–Trinajstić information content (AvgIpc) is 2.42. The van der Waals surface area contributed by atoms with Crippen LogP contribution in [0.2, 0.25) is 0 Å². The summed E-state index contributed by atoms with van der Waals surface area (Å²) in [4.78, 5) is 30.9. The maximum absolute atomic E-state index is 11.9. The molecule has 0 saturated carbocycles. The molecule has 0 atom stereocenters. The van der Waals surface area contributed by atoms with Crippen molar-refractivity contribution in [2.75, 3.05) is 25.1 Å². The van der Waals surface area contributed by atoms with Crippen molar-refractivity contribution in [2.24, 2.45) is 5.84 Å². The van der Waals surface area contributed by atoms with Crippen LogP contribution in [0.15, 0.2) is 18.3 Å². The van der Waals surface area contributed by atoms with Crippen LogP contribution in [0.3, 0.4) is 0 Å². The Labute approximate surface area is 111 Å². The Morgan fingerprint density at radius 2 is 2.00 bits per heavy atom. The molecular formula is C12H17N5O2. The minimum Gasteiger partial charge on any atom is -0.332 e. The second-order valence-corrected chi connectivity index (χ2v) is 4.34. The maximum Gasteiger partial charge on any atom is 0.243 e. The monoisotopic (exact) mass is 263 g/mol. The van der Waals surface area contributed by atoms with Crippen molar-refractivity contribution in [3.8, 4) is 0 Å². The SMILES string of the molecule is CCN1CC(=O)N(Cc2cc(NN)ccn2)CC1=O. The molecule has 0 aliphatic carbocycles. The summed E-state index contributed by atoms with van der Waals surface area (Å²) in [7, 11) is 0. The Bertz CT molecular complexity index is 491. The van der Waals surface area contributed by atoms with Crippen LogP contribution in [0.5, 0.6) is 0 Å². The van der Waals surface area contributed by atoms with Gasteiger partial charge in [0.05, 0.1) is 24.5 Å². The highest BCUT2D eigenvalue weighted by Gasteiger charge is 2.28. The van der Waals surface area contributed by atoms with Gasteiger partial charge in [0, 0.05) is 12.7 Å². The summed E-state index contributed by atoms with van der Waals surface area (Å²) in [6.07, 6.45) is 1.61. The molecule has 7 heteroatoms. The number of rotatable bonds is 4. The lowest BCUT2D eigenvalue weighted by Crippen LogP contribution is -2.53. The van der Waals surface area contributed by atoms with E-state index in [1.54, 1.807) is 23.2 Å². The van der Waals surface area contributed by atoms with Crippen molar-refractivity contribution >= 4 is 17.5 Å². The zero-order chi connectivity index (χ0) is 13.8. The van der Waals surface area contributed by atoms with Gasteiger partial charge in [-0.3, -0.25) is 20.4 Å². The third-order valence-corrected chi connectivity index (χ3v) is 3.08. The molecule has 19 heavy (non-hydrogen) atoms. The van der Waals surface area contributed by atoms with Crippen molar-refractivity contribution in [3.63, 3.8) is 0 Å². The van der Waals surface area contributed by atoms with Crippen molar-refractivity contribution in [2.45, 2.75) is 13.5 Å². The number of nitrogens with two attached hydrogens (primary N) is 1. The zero-order valence-corrected chi connectivity index (χ0v) is 10.8. The van der Waals surface area contributed by atoms with Crippen molar-refractivity contribution < 1.29 is 9.59 Å². The van der Waals surface area contributed by atoms with E-state index >= 15 is 0 Å². The summed E-state index contributed by atoms with van der Waals surface area (Å²) in [6.45, 7) is 2.98. The lowest BCUT2D eigenvalue weighted by atomic mass is 10.2. The molecule has 0 spiro atoms. The van der Waals surface area contributed by atoms with E-state index < -0.39 is 0 Å². The summed E-state index contributed by atoms with van der Waals surface area (Å²) in [6, 6.07) is 3.48. The van der Waals surface area contributed by atoms with Gasteiger partial charge >= 0.3 is 0 Å². The van der Waals surface area contributed by atoms with Crippen LogP contribution in [0.25, 0.3) is 0 Å². The molecule has 1 aliphatic rings. The van der Waals surface area contributed by atoms with Gasteiger partial charge in [-0.05, 0) is 19.1 Å². The Morgan fingerprint density at radius 1 is 1.32 bits per heavy atom. The van der Waals surface area contributed by atoms with E-state index in [-0.39, 0.29) is 24.9 Å². The van der Waals surface area contributed by atoms with Gasteiger partial charge in [-0.15, -0.1) is 0 Å². The number of likely N-dealkylation sites (N-methyl/N-ethyl adjacent to an activating group) is 1. The first kappa shape index (κ1) is 13.3.